The van der Waals surface area contributed by atoms with Gasteiger partial charge in [-0.05, 0) is 36.6 Å². The number of hydrogen-bond acceptors (Lipinski definition) is 7. The fourth-order valence-corrected chi connectivity index (χ4v) is 4.07. The number of ether oxygens (including phenoxy) is 1. The molecule has 0 unspecified atom stereocenters. The number of amides is 2. The SMILES string of the molecule is COc1cccc(C2(O)CCN(C(=O)c3cc4c(NCCNC(C)=O)ncnc4[nH]3)CC2)c1. The molecule has 1 aromatic carbocycles. The number of aromatic amines is 1. The van der Waals surface area contributed by atoms with Crippen LogP contribution in [0.4, 0.5) is 5.82 Å². The van der Waals surface area contributed by atoms with Gasteiger partial charge < -0.3 is 30.4 Å². The Bertz CT molecular complexity index is 1150. The maximum absolute atomic E-state index is 13.1. The number of nitrogens with one attached hydrogen (secondary N) is 3. The van der Waals surface area contributed by atoms with Gasteiger partial charge in [0.25, 0.3) is 5.91 Å². The van der Waals surface area contributed by atoms with Crippen molar-refractivity contribution in [3.8, 4) is 5.75 Å². The second-order valence-electron chi connectivity index (χ2n) is 8.13. The van der Waals surface area contributed by atoms with Gasteiger partial charge in [-0.2, -0.15) is 0 Å². The molecule has 1 aliphatic rings. The molecule has 4 rings (SSSR count). The van der Waals surface area contributed by atoms with Crippen LogP contribution in [0.2, 0.25) is 0 Å². The van der Waals surface area contributed by atoms with E-state index in [1.54, 1.807) is 18.1 Å². The van der Waals surface area contributed by atoms with Gasteiger partial charge in [0.1, 0.15) is 29.2 Å². The monoisotopic (exact) mass is 452 g/mol. The lowest BCUT2D eigenvalue weighted by molar-refractivity contribution is -0.118. The van der Waals surface area contributed by atoms with Crippen LogP contribution in [0.3, 0.4) is 0 Å². The summed E-state index contributed by atoms with van der Waals surface area (Å²) in [5, 5.41) is 17.7. The number of aliphatic hydroxyl groups is 1. The van der Waals surface area contributed by atoms with Crippen molar-refractivity contribution in [1.82, 2.24) is 25.2 Å². The van der Waals surface area contributed by atoms with Gasteiger partial charge in [-0.1, -0.05) is 12.1 Å². The number of rotatable bonds is 7. The lowest BCUT2D eigenvalue weighted by atomic mass is 9.84. The Hall–Kier alpha value is -3.66. The summed E-state index contributed by atoms with van der Waals surface area (Å²) in [5.74, 6) is 1.04. The number of carbonyl (C=O) groups excluding carboxylic acids is 2. The first-order chi connectivity index (χ1) is 15.9. The first kappa shape index (κ1) is 22.5. The van der Waals surface area contributed by atoms with Crippen LogP contribution in [0.1, 0.15) is 35.8 Å². The number of nitrogens with zero attached hydrogens (tertiary/aromatic N) is 3. The Morgan fingerprint density at radius 3 is 2.73 bits per heavy atom. The first-order valence-corrected chi connectivity index (χ1v) is 10.9. The van der Waals surface area contributed by atoms with E-state index in [1.807, 2.05) is 24.3 Å². The van der Waals surface area contributed by atoms with Gasteiger partial charge in [0.2, 0.25) is 5.91 Å². The van der Waals surface area contributed by atoms with Gasteiger partial charge in [-0.3, -0.25) is 9.59 Å². The molecule has 0 radical (unpaired) electrons. The normalized spacial score (nSPS) is 15.3. The van der Waals surface area contributed by atoms with E-state index in [-0.39, 0.29) is 11.8 Å². The molecule has 2 aromatic heterocycles. The topological polar surface area (TPSA) is 132 Å². The summed E-state index contributed by atoms with van der Waals surface area (Å²) in [4.78, 5) is 37.4. The van der Waals surface area contributed by atoms with E-state index in [2.05, 4.69) is 25.6 Å². The van der Waals surface area contributed by atoms with Gasteiger partial charge in [-0.15, -0.1) is 0 Å². The molecule has 0 bridgehead atoms. The highest BCUT2D eigenvalue weighted by Crippen LogP contribution is 2.35. The predicted molar refractivity (Wildman–Crippen MR) is 123 cm³/mol. The van der Waals surface area contributed by atoms with Crippen LogP contribution in [0.5, 0.6) is 5.75 Å². The minimum absolute atomic E-state index is 0.0982. The largest absolute Gasteiger partial charge is 0.497 e. The molecule has 1 saturated heterocycles. The third-order valence-corrected chi connectivity index (χ3v) is 5.93. The molecule has 0 saturated carbocycles. The smallest absolute Gasteiger partial charge is 0.270 e. The molecule has 1 aliphatic heterocycles. The quantitative estimate of drug-likeness (QED) is 0.401. The maximum atomic E-state index is 13.1. The zero-order valence-electron chi connectivity index (χ0n) is 18.7. The minimum atomic E-state index is -0.998. The van der Waals surface area contributed by atoms with Crippen LogP contribution in [0.25, 0.3) is 11.0 Å². The second kappa shape index (κ2) is 9.45. The highest BCUT2D eigenvalue weighted by Gasteiger charge is 2.36. The molecular weight excluding hydrogens is 424 g/mol. The molecule has 10 nitrogen and oxygen atoms in total. The van der Waals surface area contributed by atoms with E-state index in [0.717, 1.165) is 5.56 Å². The molecule has 3 aromatic rings. The number of carbonyl (C=O) groups is 2. The lowest BCUT2D eigenvalue weighted by Gasteiger charge is -2.38. The van der Waals surface area contributed by atoms with Crippen molar-refractivity contribution >= 4 is 28.7 Å². The number of hydrogen-bond donors (Lipinski definition) is 4. The molecule has 0 aliphatic carbocycles. The molecule has 0 spiro atoms. The zero-order valence-corrected chi connectivity index (χ0v) is 18.7. The Kier molecular flexibility index (Phi) is 6.45. The maximum Gasteiger partial charge on any atom is 0.270 e. The number of piperidine rings is 1. The molecule has 1 fully saturated rings. The second-order valence-corrected chi connectivity index (χ2v) is 8.13. The highest BCUT2D eigenvalue weighted by molar-refractivity contribution is 5.99. The van der Waals surface area contributed by atoms with Gasteiger partial charge >= 0.3 is 0 Å². The summed E-state index contributed by atoms with van der Waals surface area (Å²) in [5.41, 5.74) is 0.773. The fraction of sp³-hybridized carbons (Fsp3) is 0.391. The highest BCUT2D eigenvalue weighted by atomic mass is 16.5. The molecule has 0 atom stereocenters. The fourth-order valence-electron chi connectivity index (χ4n) is 4.07. The molecule has 10 heteroatoms. The van der Waals surface area contributed by atoms with Crippen LogP contribution in [-0.2, 0) is 10.4 Å². The van der Waals surface area contributed by atoms with Gasteiger partial charge in [0.15, 0.2) is 0 Å². The number of benzene rings is 1. The Morgan fingerprint density at radius 2 is 2.00 bits per heavy atom. The number of fused-ring (bicyclic) bond motifs is 1. The standard InChI is InChI=1S/C23H28N6O4/c1-15(30)24-8-9-25-20-18-13-19(28-21(18)27-14-26-20)22(31)29-10-6-23(32,7-11-29)16-4-3-5-17(12-16)33-2/h3-5,12-14,32H,6-11H2,1-2H3,(H,24,30)(H2,25,26,27,28). The van der Waals surface area contributed by atoms with Crippen molar-refractivity contribution in [2.75, 3.05) is 38.6 Å². The van der Waals surface area contributed by atoms with Crippen LogP contribution < -0.4 is 15.4 Å². The van der Waals surface area contributed by atoms with E-state index in [0.29, 0.717) is 67.3 Å². The molecule has 4 N–H and O–H groups in total. The first-order valence-electron chi connectivity index (χ1n) is 10.9. The van der Waals surface area contributed by atoms with Gasteiger partial charge in [0, 0.05) is 33.1 Å². The predicted octanol–water partition coefficient (Wildman–Crippen LogP) is 1.64. The van der Waals surface area contributed by atoms with E-state index < -0.39 is 5.60 Å². The molecule has 3 heterocycles. The van der Waals surface area contributed by atoms with Crippen LogP contribution in [-0.4, -0.2) is 70.1 Å². The molecule has 2 amide bonds. The minimum Gasteiger partial charge on any atom is -0.497 e. The molecule has 174 valence electrons. The van der Waals surface area contributed by atoms with Crippen molar-refractivity contribution in [1.29, 1.82) is 0 Å². The van der Waals surface area contributed by atoms with Crippen molar-refractivity contribution in [2.24, 2.45) is 0 Å². The van der Waals surface area contributed by atoms with E-state index in [1.165, 1.54) is 13.3 Å². The number of aromatic nitrogens is 3. The van der Waals surface area contributed by atoms with Gasteiger partial charge in [0.05, 0.1) is 18.1 Å². The Labute approximate surface area is 191 Å². The van der Waals surface area contributed by atoms with Crippen LogP contribution in [0, 0.1) is 0 Å². The van der Waals surface area contributed by atoms with Crippen molar-refractivity contribution in [3.63, 3.8) is 0 Å². The number of methoxy groups -OCH3 is 1. The van der Waals surface area contributed by atoms with E-state index in [4.69, 9.17) is 4.74 Å². The van der Waals surface area contributed by atoms with Crippen LogP contribution >= 0.6 is 0 Å². The molecule has 33 heavy (non-hydrogen) atoms. The van der Waals surface area contributed by atoms with Gasteiger partial charge in [-0.25, -0.2) is 9.97 Å². The van der Waals surface area contributed by atoms with Crippen LogP contribution in [0.15, 0.2) is 36.7 Å². The summed E-state index contributed by atoms with van der Waals surface area (Å²) < 4.78 is 5.27. The number of likely N-dealkylation sites (tertiary alicyclic amines) is 1. The third kappa shape index (κ3) is 4.90. The summed E-state index contributed by atoms with van der Waals surface area (Å²) in [6.07, 6.45) is 2.28. The summed E-state index contributed by atoms with van der Waals surface area (Å²) in [6, 6.07) is 9.16. The van der Waals surface area contributed by atoms with E-state index >= 15 is 0 Å². The summed E-state index contributed by atoms with van der Waals surface area (Å²) in [6.45, 7) is 3.27. The number of anilines is 1. The van der Waals surface area contributed by atoms with Crippen molar-refractivity contribution in [3.05, 3.63) is 47.9 Å². The average molecular weight is 453 g/mol. The molecular formula is C23H28N6O4. The average Bonchev–Trinajstić information content (AvgIpc) is 3.27. The lowest BCUT2D eigenvalue weighted by Crippen LogP contribution is -2.45. The van der Waals surface area contributed by atoms with Crippen molar-refractivity contribution < 1.29 is 19.4 Å². The Morgan fingerprint density at radius 1 is 1.21 bits per heavy atom. The summed E-state index contributed by atoms with van der Waals surface area (Å²) in [7, 11) is 1.60. The third-order valence-electron chi connectivity index (χ3n) is 5.93. The summed E-state index contributed by atoms with van der Waals surface area (Å²) >= 11 is 0. The zero-order chi connectivity index (χ0) is 23.4. The Balaban J connectivity index is 1.43. The van der Waals surface area contributed by atoms with E-state index in [9.17, 15) is 14.7 Å². The number of H-pyrrole nitrogens is 1. The van der Waals surface area contributed by atoms with Crippen molar-refractivity contribution in [2.45, 2.75) is 25.4 Å².